The van der Waals surface area contributed by atoms with Crippen molar-refractivity contribution in [1.82, 2.24) is 19.6 Å². The monoisotopic (exact) mass is 474 g/mol. The maximum absolute atomic E-state index is 13.3. The SMILES string of the molecule is Cc1ccc(OCCN2CCN(C(=O)c3cc4c(C)nn(-c5ccccc5C)c4s3)CC2)cc1. The van der Waals surface area contributed by atoms with Crippen LogP contribution in [-0.2, 0) is 0 Å². The first-order valence-electron chi connectivity index (χ1n) is 11.8. The molecule has 0 saturated carbocycles. The highest BCUT2D eigenvalue weighted by Gasteiger charge is 2.25. The lowest BCUT2D eigenvalue weighted by Gasteiger charge is -2.34. The van der Waals surface area contributed by atoms with Gasteiger partial charge >= 0.3 is 0 Å². The number of aromatic nitrogens is 2. The number of nitrogens with zero attached hydrogens (tertiary/aromatic N) is 4. The van der Waals surface area contributed by atoms with E-state index in [2.05, 4.69) is 43.0 Å². The number of hydrogen-bond donors (Lipinski definition) is 0. The molecule has 2 aromatic carbocycles. The Morgan fingerprint density at radius 3 is 2.47 bits per heavy atom. The molecule has 0 N–H and O–H groups in total. The topological polar surface area (TPSA) is 50.6 Å². The van der Waals surface area contributed by atoms with Crippen LogP contribution in [0.3, 0.4) is 0 Å². The van der Waals surface area contributed by atoms with Gasteiger partial charge in [0.1, 0.15) is 17.2 Å². The van der Waals surface area contributed by atoms with Crippen molar-refractivity contribution in [1.29, 1.82) is 0 Å². The smallest absolute Gasteiger partial charge is 0.264 e. The molecular weight excluding hydrogens is 444 g/mol. The molecule has 1 fully saturated rings. The van der Waals surface area contributed by atoms with Crippen LogP contribution >= 0.6 is 11.3 Å². The summed E-state index contributed by atoms with van der Waals surface area (Å²) in [5.74, 6) is 1.02. The van der Waals surface area contributed by atoms with E-state index in [1.165, 1.54) is 16.9 Å². The van der Waals surface area contributed by atoms with Crippen LogP contribution in [0, 0.1) is 20.8 Å². The van der Waals surface area contributed by atoms with E-state index in [0.29, 0.717) is 6.61 Å². The van der Waals surface area contributed by atoms with Gasteiger partial charge in [-0.05, 0) is 50.6 Å². The first-order valence-corrected chi connectivity index (χ1v) is 12.6. The third-order valence-corrected chi connectivity index (χ3v) is 7.55. The number of benzene rings is 2. The molecule has 3 heterocycles. The summed E-state index contributed by atoms with van der Waals surface area (Å²) in [6.07, 6.45) is 0. The summed E-state index contributed by atoms with van der Waals surface area (Å²) < 4.78 is 7.85. The fraction of sp³-hybridized carbons (Fsp3) is 0.333. The summed E-state index contributed by atoms with van der Waals surface area (Å²) in [6, 6.07) is 18.4. The molecule has 1 saturated heterocycles. The first kappa shape index (κ1) is 22.6. The van der Waals surface area contributed by atoms with E-state index in [9.17, 15) is 4.79 Å². The maximum atomic E-state index is 13.3. The van der Waals surface area contributed by atoms with Gasteiger partial charge in [0.2, 0.25) is 0 Å². The number of ether oxygens (including phenoxy) is 1. The molecule has 1 aliphatic heterocycles. The Kier molecular flexibility index (Phi) is 6.39. The fourth-order valence-electron chi connectivity index (χ4n) is 4.37. The highest BCUT2D eigenvalue weighted by atomic mass is 32.1. The molecule has 2 aromatic heterocycles. The summed E-state index contributed by atoms with van der Waals surface area (Å²) in [6.45, 7) is 10.9. The third-order valence-electron chi connectivity index (χ3n) is 6.46. The Bertz CT molecular complexity index is 1300. The molecule has 0 aliphatic carbocycles. The standard InChI is InChI=1S/C27H30N4O2S/c1-19-8-10-22(11-9-19)33-17-16-29-12-14-30(15-13-29)26(32)25-18-23-21(3)28-31(27(23)34-25)24-7-5-4-6-20(24)2/h4-11,18H,12-17H2,1-3H3. The largest absolute Gasteiger partial charge is 0.492 e. The van der Waals surface area contributed by atoms with E-state index in [1.54, 1.807) is 0 Å². The predicted molar refractivity (Wildman–Crippen MR) is 137 cm³/mol. The lowest BCUT2D eigenvalue weighted by atomic mass is 10.2. The van der Waals surface area contributed by atoms with E-state index >= 15 is 0 Å². The van der Waals surface area contributed by atoms with Gasteiger partial charge in [-0.2, -0.15) is 5.10 Å². The molecule has 0 unspecified atom stereocenters. The van der Waals surface area contributed by atoms with Crippen molar-refractivity contribution < 1.29 is 9.53 Å². The number of carbonyl (C=O) groups excluding carboxylic acids is 1. The van der Waals surface area contributed by atoms with Crippen LogP contribution in [-0.4, -0.2) is 64.8 Å². The molecule has 1 aliphatic rings. The van der Waals surface area contributed by atoms with Crippen LogP contribution in [0.2, 0.25) is 0 Å². The number of rotatable bonds is 6. The molecule has 34 heavy (non-hydrogen) atoms. The molecule has 0 spiro atoms. The van der Waals surface area contributed by atoms with Crippen molar-refractivity contribution in [3.8, 4) is 11.4 Å². The second-order valence-electron chi connectivity index (χ2n) is 8.91. The number of para-hydroxylation sites is 1. The van der Waals surface area contributed by atoms with E-state index in [4.69, 9.17) is 9.84 Å². The van der Waals surface area contributed by atoms with Crippen LogP contribution in [0.4, 0.5) is 0 Å². The predicted octanol–water partition coefficient (Wildman–Crippen LogP) is 4.85. The van der Waals surface area contributed by atoms with Crippen molar-refractivity contribution >= 4 is 27.5 Å². The molecule has 7 heteroatoms. The third kappa shape index (κ3) is 4.58. The Morgan fingerprint density at radius 2 is 1.74 bits per heavy atom. The second kappa shape index (κ2) is 9.60. The summed E-state index contributed by atoms with van der Waals surface area (Å²) in [4.78, 5) is 19.4. The van der Waals surface area contributed by atoms with Crippen molar-refractivity contribution in [2.24, 2.45) is 0 Å². The number of piperazine rings is 1. The molecule has 0 radical (unpaired) electrons. The molecule has 5 rings (SSSR count). The lowest BCUT2D eigenvalue weighted by Crippen LogP contribution is -2.49. The molecule has 4 aromatic rings. The normalized spacial score (nSPS) is 14.6. The highest BCUT2D eigenvalue weighted by molar-refractivity contribution is 7.20. The molecule has 0 atom stereocenters. The zero-order valence-corrected chi connectivity index (χ0v) is 20.8. The van der Waals surface area contributed by atoms with Gasteiger partial charge in [0.15, 0.2) is 0 Å². The lowest BCUT2D eigenvalue weighted by molar-refractivity contribution is 0.0625. The number of thiophene rings is 1. The van der Waals surface area contributed by atoms with Crippen LogP contribution in [0.5, 0.6) is 5.75 Å². The highest BCUT2D eigenvalue weighted by Crippen LogP contribution is 2.32. The minimum Gasteiger partial charge on any atom is -0.492 e. The number of carbonyl (C=O) groups is 1. The minimum absolute atomic E-state index is 0.118. The van der Waals surface area contributed by atoms with Crippen molar-refractivity contribution in [2.45, 2.75) is 20.8 Å². The van der Waals surface area contributed by atoms with Crippen LogP contribution < -0.4 is 4.74 Å². The van der Waals surface area contributed by atoms with E-state index in [0.717, 1.165) is 70.5 Å². The van der Waals surface area contributed by atoms with Gasteiger partial charge in [0.25, 0.3) is 5.91 Å². The Balaban J connectivity index is 1.21. The van der Waals surface area contributed by atoms with Gasteiger partial charge in [-0.1, -0.05) is 35.9 Å². The Hall–Kier alpha value is -3.16. The number of amides is 1. The van der Waals surface area contributed by atoms with Gasteiger partial charge < -0.3 is 9.64 Å². The minimum atomic E-state index is 0.118. The zero-order valence-electron chi connectivity index (χ0n) is 20.0. The van der Waals surface area contributed by atoms with Crippen LogP contribution in [0.1, 0.15) is 26.5 Å². The first-order chi connectivity index (χ1) is 16.5. The molecule has 0 bridgehead atoms. The summed E-state index contributed by atoms with van der Waals surface area (Å²) in [5.41, 5.74) is 4.40. The van der Waals surface area contributed by atoms with Crippen molar-refractivity contribution in [3.05, 3.63) is 76.3 Å². The zero-order chi connectivity index (χ0) is 23.7. The van der Waals surface area contributed by atoms with Gasteiger partial charge in [-0.3, -0.25) is 9.69 Å². The van der Waals surface area contributed by atoms with Crippen LogP contribution in [0.25, 0.3) is 15.9 Å². The Labute approximate surface area is 204 Å². The van der Waals surface area contributed by atoms with Crippen LogP contribution in [0.15, 0.2) is 54.6 Å². The summed E-state index contributed by atoms with van der Waals surface area (Å²) >= 11 is 1.54. The van der Waals surface area contributed by atoms with Gasteiger partial charge in [0.05, 0.1) is 16.3 Å². The second-order valence-corrected chi connectivity index (χ2v) is 9.94. The maximum Gasteiger partial charge on any atom is 0.264 e. The van der Waals surface area contributed by atoms with E-state index in [-0.39, 0.29) is 5.91 Å². The van der Waals surface area contributed by atoms with Gasteiger partial charge in [-0.25, -0.2) is 4.68 Å². The molecule has 6 nitrogen and oxygen atoms in total. The number of fused-ring (bicyclic) bond motifs is 1. The van der Waals surface area contributed by atoms with E-state index in [1.807, 2.05) is 46.8 Å². The summed E-state index contributed by atoms with van der Waals surface area (Å²) in [7, 11) is 0. The summed E-state index contributed by atoms with van der Waals surface area (Å²) in [5, 5.41) is 5.80. The van der Waals surface area contributed by atoms with Gasteiger partial charge in [-0.15, -0.1) is 11.3 Å². The quantitative estimate of drug-likeness (QED) is 0.401. The number of hydrogen-bond acceptors (Lipinski definition) is 5. The van der Waals surface area contributed by atoms with Gasteiger partial charge in [0, 0.05) is 38.1 Å². The fourth-order valence-corrected chi connectivity index (χ4v) is 5.52. The molecular formula is C27H30N4O2S. The molecule has 176 valence electrons. The average Bonchev–Trinajstić information content (AvgIpc) is 3.41. The van der Waals surface area contributed by atoms with Crippen molar-refractivity contribution in [3.63, 3.8) is 0 Å². The average molecular weight is 475 g/mol. The van der Waals surface area contributed by atoms with Crippen molar-refractivity contribution in [2.75, 3.05) is 39.3 Å². The van der Waals surface area contributed by atoms with E-state index < -0.39 is 0 Å². The Morgan fingerprint density at radius 1 is 1.00 bits per heavy atom. The number of aryl methyl sites for hydroxylation is 3. The molecule has 1 amide bonds.